The molecule has 2 N–H and O–H groups in total. The Morgan fingerprint density at radius 1 is 1.17 bits per heavy atom. The molecule has 124 valence electrons. The molecule has 0 spiro atoms. The smallest absolute Gasteiger partial charge is 0.191 e. The van der Waals surface area contributed by atoms with Crippen LogP contribution in [0, 0.1) is 0 Å². The molecule has 1 saturated heterocycles. The fourth-order valence-electron chi connectivity index (χ4n) is 2.94. The third-order valence-corrected chi connectivity index (χ3v) is 5.29. The van der Waals surface area contributed by atoms with Crippen molar-refractivity contribution in [3.8, 4) is 10.8 Å². The highest BCUT2D eigenvalue weighted by Gasteiger charge is 2.13. The van der Waals surface area contributed by atoms with E-state index in [9.17, 15) is 0 Å². The van der Waals surface area contributed by atoms with E-state index < -0.39 is 0 Å². The fraction of sp³-hybridized carbons (Fsp3) is 0.333. The third kappa shape index (κ3) is 3.14. The first-order chi connectivity index (χ1) is 11.8. The average molecular weight is 340 g/mol. The van der Waals surface area contributed by atoms with Crippen LogP contribution in [0.3, 0.4) is 0 Å². The third-order valence-electron chi connectivity index (χ3n) is 4.24. The number of guanidine groups is 1. The summed E-state index contributed by atoms with van der Waals surface area (Å²) in [4.78, 5) is 11.3. The van der Waals surface area contributed by atoms with Crippen molar-refractivity contribution >= 4 is 27.5 Å². The van der Waals surface area contributed by atoms with Gasteiger partial charge in [-0.3, -0.25) is 0 Å². The number of fused-ring (bicyclic) bond motifs is 1. The second-order valence-corrected chi connectivity index (χ2v) is 7.01. The number of para-hydroxylation sites is 1. The van der Waals surface area contributed by atoms with Gasteiger partial charge >= 0.3 is 0 Å². The number of aromatic nitrogens is 1. The number of hydrogen-bond donors (Lipinski definition) is 1. The number of piperidine rings is 1. The number of likely N-dealkylation sites (tertiary alicyclic amines) is 1. The van der Waals surface area contributed by atoms with Crippen molar-refractivity contribution < 1.29 is 4.42 Å². The lowest BCUT2D eigenvalue weighted by Gasteiger charge is -2.27. The largest absolute Gasteiger partial charge is 0.457 e. The van der Waals surface area contributed by atoms with Gasteiger partial charge < -0.3 is 15.1 Å². The van der Waals surface area contributed by atoms with Crippen LogP contribution in [0.2, 0.25) is 0 Å². The monoisotopic (exact) mass is 340 g/mol. The van der Waals surface area contributed by atoms with Crippen molar-refractivity contribution in [3.63, 3.8) is 0 Å². The summed E-state index contributed by atoms with van der Waals surface area (Å²) in [6.45, 7) is 2.47. The number of nitrogens with two attached hydrogens (primary N) is 1. The van der Waals surface area contributed by atoms with Gasteiger partial charge in [-0.2, -0.15) is 0 Å². The summed E-state index contributed by atoms with van der Waals surface area (Å²) >= 11 is 1.64. The summed E-state index contributed by atoms with van der Waals surface area (Å²) in [7, 11) is 0. The van der Waals surface area contributed by atoms with Gasteiger partial charge in [-0.05, 0) is 43.5 Å². The van der Waals surface area contributed by atoms with Gasteiger partial charge in [0, 0.05) is 13.1 Å². The first-order valence-corrected chi connectivity index (χ1v) is 9.11. The number of hydrogen-bond acceptors (Lipinski definition) is 4. The van der Waals surface area contributed by atoms with E-state index in [1.165, 1.54) is 19.3 Å². The van der Waals surface area contributed by atoms with Crippen molar-refractivity contribution in [2.24, 2.45) is 10.7 Å². The van der Waals surface area contributed by atoms with E-state index in [1.54, 1.807) is 11.3 Å². The van der Waals surface area contributed by atoms with E-state index in [0.29, 0.717) is 12.5 Å². The lowest BCUT2D eigenvalue weighted by atomic mass is 10.1. The summed E-state index contributed by atoms with van der Waals surface area (Å²) < 4.78 is 7.07. The molecular formula is C18H20N4OS. The molecule has 3 aromatic rings. The number of thiazole rings is 1. The zero-order valence-electron chi connectivity index (χ0n) is 13.4. The van der Waals surface area contributed by atoms with Crippen molar-refractivity contribution in [2.75, 3.05) is 13.1 Å². The van der Waals surface area contributed by atoms with E-state index in [2.05, 4.69) is 20.9 Å². The van der Waals surface area contributed by atoms with Gasteiger partial charge in [-0.15, -0.1) is 11.3 Å². The van der Waals surface area contributed by atoms with E-state index >= 15 is 0 Å². The Bertz CT molecular complexity index is 828. The number of rotatable bonds is 3. The summed E-state index contributed by atoms with van der Waals surface area (Å²) in [5.41, 5.74) is 7.09. The Kier molecular flexibility index (Phi) is 4.21. The van der Waals surface area contributed by atoms with Crippen molar-refractivity contribution in [3.05, 3.63) is 42.2 Å². The van der Waals surface area contributed by atoms with Gasteiger partial charge in [-0.25, -0.2) is 9.98 Å². The van der Waals surface area contributed by atoms with Gasteiger partial charge in [0.15, 0.2) is 16.7 Å². The quantitative estimate of drug-likeness (QED) is 0.581. The lowest BCUT2D eigenvalue weighted by Crippen LogP contribution is -2.40. The molecule has 4 rings (SSSR count). The minimum atomic E-state index is 0.466. The number of aliphatic imine (C=N–C) groups is 1. The zero-order valence-corrected chi connectivity index (χ0v) is 14.3. The number of benzene rings is 1. The molecule has 0 unspecified atom stereocenters. The van der Waals surface area contributed by atoms with E-state index in [-0.39, 0.29) is 0 Å². The molecule has 0 amide bonds. The van der Waals surface area contributed by atoms with Crippen LogP contribution in [-0.2, 0) is 6.54 Å². The number of furan rings is 1. The normalized spacial score (nSPS) is 16.0. The maximum absolute atomic E-state index is 6.09. The Morgan fingerprint density at radius 3 is 2.83 bits per heavy atom. The molecular weight excluding hydrogens is 320 g/mol. The predicted octanol–water partition coefficient (Wildman–Crippen LogP) is 3.86. The molecule has 1 fully saturated rings. The molecule has 0 saturated carbocycles. The lowest BCUT2D eigenvalue weighted by molar-refractivity contribution is 0.337. The van der Waals surface area contributed by atoms with Gasteiger partial charge in [-0.1, -0.05) is 12.1 Å². The highest BCUT2D eigenvalue weighted by molar-refractivity contribution is 7.21. The topological polar surface area (TPSA) is 67.6 Å². The first kappa shape index (κ1) is 15.2. The molecule has 1 aromatic carbocycles. The van der Waals surface area contributed by atoms with Gasteiger partial charge in [0.2, 0.25) is 0 Å². The Balaban J connectivity index is 1.48. The van der Waals surface area contributed by atoms with E-state index in [1.807, 2.05) is 30.3 Å². The van der Waals surface area contributed by atoms with Crippen LogP contribution in [0.15, 0.2) is 45.8 Å². The molecule has 3 heterocycles. The highest BCUT2D eigenvalue weighted by Crippen LogP contribution is 2.31. The van der Waals surface area contributed by atoms with Gasteiger partial charge in [0.05, 0.1) is 10.2 Å². The van der Waals surface area contributed by atoms with Crippen LogP contribution in [0.1, 0.15) is 25.0 Å². The maximum atomic E-state index is 6.09. The summed E-state index contributed by atoms with van der Waals surface area (Å²) in [5.74, 6) is 2.22. The molecule has 5 nitrogen and oxygen atoms in total. The minimum Gasteiger partial charge on any atom is -0.457 e. The average Bonchev–Trinajstić information content (AvgIpc) is 3.27. The molecule has 24 heavy (non-hydrogen) atoms. The standard InChI is InChI=1S/C18H20N4OS/c19-18(22-10-4-1-5-11-22)20-12-13-8-9-15(23-13)17-21-14-6-2-3-7-16(14)24-17/h2-3,6-9H,1,4-5,10-12H2,(H2,19,20). The summed E-state index contributed by atoms with van der Waals surface area (Å²) in [6.07, 6.45) is 3.67. The van der Waals surface area contributed by atoms with Crippen molar-refractivity contribution in [1.82, 2.24) is 9.88 Å². The molecule has 6 heteroatoms. The van der Waals surface area contributed by atoms with Crippen LogP contribution in [0.25, 0.3) is 21.0 Å². The van der Waals surface area contributed by atoms with Gasteiger partial charge in [0.1, 0.15) is 12.3 Å². The molecule has 0 bridgehead atoms. The van der Waals surface area contributed by atoms with Crippen molar-refractivity contribution in [2.45, 2.75) is 25.8 Å². The molecule has 2 aromatic heterocycles. The van der Waals surface area contributed by atoms with Crippen LogP contribution in [0.5, 0.6) is 0 Å². The molecule has 0 aliphatic carbocycles. The molecule has 1 aliphatic rings. The highest BCUT2D eigenvalue weighted by atomic mass is 32.1. The van der Waals surface area contributed by atoms with E-state index in [0.717, 1.165) is 39.8 Å². The van der Waals surface area contributed by atoms with E-state index in [4.69, 9.17) is 10.2 Å². The molecule has 0 atom stereocenters. The summed E-state index contributed by atoms with van der Waals surface area (Å²) in [5, 5.41) is 0.899. The molecule has 0 radical (unpaired) electrons. The van der Waals surface area contributed by atoms with Crippen LogP contribution < -0.4 is 5.73 Å². The molecule has 1 aliphatic heterocycles. The Hall–Kier alpha value is -2.34. The van der Waals surface area contributed by atoms with Crippen LogP contribution in [0.4, 0.5) is 0 Å². The second-order valence-electron chi connectivity index (χ2n) is 5.97. The second kappa shape index (κ2) is 6.65. The predicted molar refractivity (Wildman–Crippen MR) is 98.1 cm³/mol. The van der Waals surface area contributed by atoms with Crippen molar-refractivity contribution in [1.29, 1.82) is 0 Å². The maximum Gasteiger partial charge on any atom is 0.191 e. The Labute approximate surface area is 144 Å². The van der Waals surface area contributed by atoms with Gasteiger partial charge in [0.25, 0.3) is 0 Å². The SMILES string of the molecule is NC(=NCc1ccc(-c2nc3ccccc3s2)o1)N1CCCCC1. The summed E-state index contributed by atoms with van der Waals surface area (Å²) in [6, 6.07) is 12.0. The minimum absolute atomic E-state index is 0.466. The Morgan fingerprint density at radius 2 is 2.00 bits per heavy atom. The number of nitrogens with zero attached hydrogens (tertiary/aromatic N) is 3. The zero-order chi connectivity index (χ0) is 16.4. The van der Waals surface area contributed by atoms with Crippen LogP contribution in [-0.4, -0.2) is 28.9 Å². The first-order valence-electron chi connectivity index (χ1n) is 8.29. The van der Waals surface area contributed by atoms with Crippen LogP contribution >= 0.6 is 11.3 Å². The fourth-order valence-corrected chi connectivity index (χ4v) is 3.86.